The molecule has 1 aliphatic heterocycles. The molecule has 0 spiro atoms. The van der Waals surface area contributed by atoms with Crippen molar-refractivity contribution >= 4 is 11.8 Å². The summed E-state index contributed by atoms with van der Waals surface area (Å²) in [6, 6.07) is 0. The number of hydrogen-bond donors (Lipinski definition) is 1. The van der Waals surface area contributed by atoms with Crippen LogP contribution in [0.1, 0.15) is 19.3 Å². The van der Waals surface area contributed by atoms with Crippen LogP contribution in [0.25, 0.3) is 0 Å². The van der Waals surface area contributed by atoms with Crippen molar-refractivity contribution in [2.75, 3.05) is 20.1 Å². The summed E-state index contributed by atoms with van der Waals surface area (Å²) in [5.41, 5.74) is -0.990. The van der Waals surface area contributed by atoms with E-state index in [0.717, 1.165) is 19.5 Å². The zero-order valence-corrected chi connectivity index (χ0v) is 8.32. The summed E-state index contributed by atoms with van der Waals surface area (Å²) in [4.78, 5) is 24.9. The van der Waals surface area contributed by atoms with Gasteiger partial charge in [0.2, 0.25) is 0 Å². The van der Waals surface area contributed by atoms with Gasteiger partial charge in [0.05, 0.1) is 0 Å². The van der Waals surface area contributed by atoms with E-state index < -0.39 is 11.4 Å². The van der Waals surface area contributed by atoms with E-state index in [2.05, 4.69) is 4.90 Å². The molecule has 0 bridgehead atoms. The minimum absolute atomic E-state index is 0.0330. The fourth-order valence-corrected chi connectivity index (χ4v) is 2.23. The number of hydrogen-bond acceptors (Lipinski definition) is 3. The van der Waals surface area contributed by atoms with Gasteiger partial charge in [0, 0.05) is 12.5 Å². The van der Waals surface area contributed by atoms with Crippen molar-refractivity contribution in [3.63, 3.8) is 0 Å². The molecule has 2 rings (SSSR count). The largest absolute Gasteiger partial charge is 0.480 e. The molecular weight excluding hydrogens is 182 g/mol. The van der Waals surface area contributed by atoms with Crippen LogP contribution in [0.5, 0.6) is 0 Å². The molecule has 4 nitrogen and oxygen atoms in total. The Hall–Kier alpha value is -0.900. The van der Waals surface area contributed by atoms with Crippen molar-refractivity contribution in [2.45, 2.75) is 19.3 Å². The van der Waals surface area contributed by atoms with Crippen molar-refractivity contribution in [3.8, 4) is 0 Å². The van der Waals surface area contributed by atoms with E-state index in [1.54, 1.807) is 0 Å². The average Bonchev–Trinajstić information content (AvgIpc) is 2.84. The first-order valence-electron chi connectivity index (χ1n) is 5.02. The Bertz CT molecular complexity index is 283. The fourth-order valence-electron chi connectivity index (χ4n) is 2.23. The van der Waals surface area contributed by atoms with Crippen LogP contribution in [0.2, 0.25) is 0 Å². The van der Waals surface area contributed by atoms with Crippen molar-refractivity contribution in [1.82, 2.24) is 4.90 Å². The molecule has 1 aliphatic carbocycles. The minimum Gasteiger partial charge on any atom is -0.480 e. The molecule has 2 fully saturated rings. The molecule has 14 heavy (non-hydrogen) atoms. The van der Waals surface area contributed by atoms with Crippen LogP contribution in [-0.4, -0.2) is 41.9 Å². The summed E-state index contributed by atoms with van der Waals surface area (Å²) >= 11 is 0. The quantitative estimate of drug-likeness (QED) is 0.664. The lowest BCUT2D eigenvalue weighted by Gasteiger charge is -2.14. The number of carboxylic acid groups (broad SMARTS) is 1. The molecule has 1 atom stereocenters. The predicted molar refractivity (Wildman–Crippen MR) is 49.9 cm³/mol. The van der Waals surface area contributed by atoms with Crippen LogP contribution >= 0.6 is 0 Å². The van der Waals surface area contributed by atoms with Gasteiger partial charge in [-0.1, -0.05) is 0 Å². The van der Waals surface area contributed by atoms with E-state index in [1.165, 1.54) is 0 Å². The van der Waals surface area contributed by atoms with E-state index in [-0.39, 0.29) is 11.7 Å². The summed E-state index contributed by atoms with van der Waals surface area (Å²) in [5.74, 6) is -0.995. The first kappa shape index (κ1) is 9.65. The Morgan fingerprint density at radius 1 is 1.43 bits per heavy atom. The lowest BCUT2D eigenvalue weighted by molar-refractivity contribution is -0.149. The normalized spacial score (nSPS) is 30.2. The average molecular weight is 197 g/mol. The van der Waals surface area contributed by atoms with Crippen molar-refractivity contribution < 1.29 is 14.7 Å². The summed E-state index contributed by atoms with van der Waals surface area (Å²) < 4.78 is 0. The number of carboxylic acids is 1. The Kier molecular flexibility index (Phi) is 2.10. The van der Waals surface area contributed by atoms with Crippen LogP contribution < -0.4 is 0 Å². The van der Waals surface area contributed by atoms with Gasteiger partial charge in [-0.25, -0.2) is 0 Å². The fraction of sp³-hybridized carbons (Fsp3) is 0.800. The number of nitrogens with zero attached hydrogens (tertiary/aromatic N) is 1. The number of Topliss-reactive ketones (excluding diaryl/α,β-unsaturated/α-hetero) is 1. The number of rotatable bonds is 3. The van der Waals surface area contributed by atoms with Crippen LogP contribution in [0.15, 0.2) is 0 Å². The lowest BCUT2D eigenvalue weighted by Crippen LogP contribution is -2.32. The maximum Gasteiger partial charge on any atom is 0.317 e. The smallest absolute Gasteiger partial charge is 0.317 e. The summed E-state index contributed by atoms with van der Waals surface area (Å²) in [6.07, 6.45) is 1.91. The molecule has 1 heterocycles. The third kappa shape index (κ3) is 1.34. The van der Waals surface area contributed by atoms with Crippen LogP contribution in [0, 0.1) is 11.3 Å². The zero-order chi connectivity index (χ0) is 10.3. The first-order valence-corrected chi connectivity index (χ1v) is 5.02. The zero-order valence-electron chi connectivity index (χ0n) is 8.32. The van der Waals surface area contributed by atoms with E-state index in [4.69, 9.17) is 5.11 Å². The van der Waals surface area contributed by atoms with Gasteiger partial charge in [0.1, 0.15) is 5.41 Å². The Morgan fingerprint density at radius 2 is 2.07 bits per heavy atom. The number of carbonyl (C=O) groups excluding carboxylic acids is 1. The van der Waals surface area contributed by atoms with Gasteiger partial charge in [-0.15, -0.1) is 0 Å². The predicted octanol–water partition coefficient (Wildman–Crippen LogP) is 0.372. The van der Waals surface area contributed by atoms with Crippen LogP contribution in [-0.2, 0) is 9.59 Å². The molecule has 0 amide bonds. The molecular formula is C10H15NO3. The molecule has 0 aromatic carbocycles. The van der Waals surface area contributed by atoms with Gasteiger partial charge in [-0.2, -0.15) is 0 Å². The lowest BCUT2D eigenvalue weighted by atomic mass is 9.89. The second-order valence-corrected chi connectivity index (χ2v) is 4.50. The van der Waals surface area contributed by atoms with Crippen LogP contribution in [0.4, 0.5) is 0 Å². The summed E-state index contributed by atoms with van der Waals surface area (Å²) in [7, 11) is 1.97. The van der Waals surface area contributed by atoms with Crippen molar-refractivity contribution in [3.05, 3.63) is 0 Å². The Labute approximate surface area is 82.9 Å². The number of likely N-dealkylation sites (tertiary alicyclic amines) is 1. The molecule has 2 aliphatic rings. The highest BCUT2D eigenvalue weighted by Crippen LogP contribution is 2.49. The highest BCUT2D eigenvalue weighted by molar-refractivity contribution is 6.07. The van der Waals surface area contributed by atoms with Gasteiger partial charge >= 0.3 is 5.97 Å². The third-order valence-electron chi connectivity index (χ3n) is 3.39. The van der Waals surface area contributed by atoms with Gasteiger partial charge in [-0.05, 0) is 32.9 Å². The monoisotopic (exact) mass is 197 g/mol. The molecule has 1 saturated carbocycles. The second kappa shape index (κ2) is 3.05. The standard InChI is InChI=1S/C10H15NO3/c1-11-5-2-7(6-11)8(12)10(3-4-10)9(13)14/h7H,2-6H2,1H3,(H,13,14). The second-order valence-electron chi connectivity index (χ2n) is 4.50. The van der Waals surface area contributed by atoms with E-state index in [1.807, 2.05) is 7.05 Å². The molecule has 1 N–H and O–H groups in total. The first-order chi connectivity index (χ1) is 6.56. The van der Waals surface area contributed by atoms with Gasteiger partial charge < -0.3 is 10.0 Å². The summed E-state index contributed by atoms with van der Waals surface area (Å²) in [5, 5.41) is 8.97. The van der Waals surface area contributed by atoms with Crippen molar-refractivity contribution in [2.24, 2.45) is 11.3 Å². The molecule has 4 heteroatoms. The SMILES string of the molecule is CN1CCC(C(=O)C2(C(=O)O)CC2)C1. The number of carbonyl (C=O) groups is 2. The molecule has 1 unspecified atom stereocenters. The molecule has 0 radical (unpaired) electrons. The molecule has 0 aromatic rings. The van der Waals surface area contributed by atoms with Gasteiger partial charge in [0.25, 0.3) is 0 Å². The number of ketones is 1. The Morgan fingerprint density at radius 3 is 2.43 bits per heavy atom. The molecule has 0 aromatic heterocycles. The summed E-state index contributed by atoms with van der Waals surface area (Å²) in [6.45, 7) is 1.64. The maximum atomic E-state index is 11.9. The highest BCUT2D eigenvalue weighted by Gasteiger charge is 2.58. The van der Waals surface area contributed by atoms with E-state index >= 15 is 0 Å². The minimum atomic E-state index is -0.990. The van der Waals surface area contributed by atoms with Gasteiger partial charge in [-0.3, -0.25) is 9.59 Å². The molecule has 1 saturated heterocycles. The Balaban J connectivity index is 2.06. The van der Waals surface area contributed by atoms with Gasteiger partial charge in [0.15, 0.2) is 5.78 Å². The van der Waals surface area contributed by atoms with E-state index in [0.29, 0.717) is 12.8 Å². The maximum absolute atomic E-state index is 11.9. The number of aliphatic carboxylic acids is 1. The highest BCUT2D eigenvalue weighted by atomic mass is 16.4. The topological polar surface area (TPSA) is 57.6 Å². The van der Waals surface area contributed by atoms with Crippen LogP contribution in [0.3, 0.4) is 0 Å². The van der Waals surface area contributed by atoms with Crippen molar-refractivity contribution in [1.29, 1.82) is 0 Å². The van der Waals surface area contributed by atoms with E-state index in [9.17, 15) is 9.59 Å². The molecule has 78 valence electrons. The third-order valence-corrected chi connectivity index (χ3v) is 3.39.